The van der Waals surface area contributed by atoms with E-state index in [1.54, 1.807) is 0 Å². The van der Waals surface area contributed by atoms with E-state index in [2.05, 4.69) is 24.5 Å². The van der Waals surface area contributed by atoms with Gasteiger partial charge in [-0.25, -0.2) is 0 Å². The first-order valence-electron chi connectivity index (χ1n) is 7.29. The minimum Gasteiger partial charge on any atom is -0.382 e. The van der Waals surface area contributed by atoms with Gasteiger partial charge in [-0.15, -0.1) is 0 Å². The fourth-order valence-corrected chi connectivity index (χ4v) is 2.49. The number of ether oxygens (including phenoxy) is 1. The van der Waals surface area contributed by atoms with E-state index >= 15 is 0 Å². The second-order valence-corrected chi connectivity index (χ2v) is 5.92. The van der Waals surface area contributed by atoms with Crippen molar-refractivity contribution in [3.05, 3.63) is 24.3 Å². The van der Waals surface area contributed by atoms with Crippen LogP contribution in [0.15, 0.2) is 24.3 Å². The number of carbonyl (C=O) groups excluding carboxylic acids is 1. The number of hydrogen-bond donors (Lipinski definition) is 2. The highest BCUT2D eigenvalue weighted by molar-refractivity contribution is 5.90. The van der Waals surface area contributed by atoms with Crippen molar-refractivity contribution >= 4 is 17.3 Å². The van der Waals surface area contributed by atoms with Gasteiger partial charge in [0.25, 0.3) is 0 Å². The Morgan fingerprint density at radius 3 is 2.55 bits per heavy atom. The quantitative estimate of drug-likeness (QED) is 0.886. The standard InChI is InChI=1S/C16H24N2O2/c1-4-15(19)18-13-7-5-12(6-8-13)17-14-9-10-20-16(2,3)11-14/h5-8,14,17H,4,9-11H2,1-3H3,(H,18,19). The van der Waals surface area contributed by atoms with E-state index in [1.807, 2.05) is 31.2 Å². The molecule has 0 aromatic heterocycles. The summed E-state index contributed by atoms with van der Waals surface area (Å²) in [6.07, 6.45) is 2.52. The number of hydrogen-bond acceptors (Lipinski definition) is 3. The van der Waals surface area contributed by atoms with Crippen LogP contribution in [0.3, 0.4) is 0 Å². The summed E-state index contributed by atoms with van der Waals surface area (Å²) in [5, 5.41) is 6.39. The number of benzene rings is 1. The molecule has 0 aliphatic carbocycles. The molecule has 1 unspecified atom stereocenters. The number of anilines is 2. The highest BCUT2D eigenvalue weighted by atomic mass is 16.5. The van der Waals surface area contributed by atoms with Crippen LogP contribution >= 0.6 is 0 Å². The van der Waals surface area contributed by atoms with E-state index in [4.69, 9.17) is 4.74 Å². The second kappa shape index (κ2) is 6.27. The lowest BCUT2D eigenvalue weighted by Gasteiger charge is -2.36. The van der Waals surface area contributed by atoms with E-state index in [0.29, 0.717) is 12.5 Å². The monoisotopic (exact) mass is 276 g/mol. The molecular formula is C16H24N2O2. The molecule has 0 saturated carbocycles. The molecule has 4 nitrogen and oxygen atoms in total. The fraction of sp³-hybridized carbons (Fsp3) is 0.562. The molecule has 1 fully saturated rings. The van der Waals surface area contributed by atoms with Gasteiger partial charge >= 0.3 is 0 Å². The summed E-state index contributed by atoms with van der Waals surface area (Å²) in [6.45, 7) is 6.90. The zero-order valence-corrected chi connectivity index (χ0v) is 12.5. The summed E-state index contributed by atoms with van der Waals surface area (Å²) in [7, 11) is 0. The van der Waals surface area contributed by atoms with E-state index in [-0.39, 0.29) is 11.5 Å². The van der Waals surface area contributed by atoms with E-state index in [0.717, 1.165) is 30.8 Å². The topological polar surface area (TPSA) is 50.4 Å². The molecule has 110 valence electrons. The third kappa shape index (κ3) is 4.23. The smallest absolute Gasteiger partial charge is 0.224 e. The molecule has 1 aromatic rings. The van der Waals surface area contributed by atoms with E-state index in [1.165, 1.54) is 0 Å². The molecular weight excluding hydrogens is 252 g/mol. The van der Waals surface area contributed by atoms with Gasteiger partial charge in [0.1, 0.15) is 0 Å². The summed E-state index contributed by atoms with van der Waals surface area (Å²) in [6, 6.07) is 8.32. The lowest BCUT2D eigenvalue weighted by molar-refractivity contribution is -0.115. The molecule has 0 radical (unpaired) electrons. The molecule has 1 heterocycles. The van der Waals surface area contributed by atoms with Crippen LogP contribution in [0.1, 0.15) is 40.0 Å². The van der Waals surface area contributed by atoms with Crippen LogP contribution in [-0.4, -0.2) is 24.2 Å². The molecule has 0 bridgehead atoms. The Kier molecular flexibility index (Phi) is 4.65. The first-order valence-corrected chi connectivity index (χ1v) is 7.29. The Balaban J connectivity index is 1.92. The lowest BCUT2D eigenvalue weighted by atomic mass is 9.94. The lowest BCUT2D eigenvalue weighted by Crippen LogP contribution is -2.40. The van der Waals surface area contributed by atoms with Crippen molar-refractivity contribution in [2.24, 2.45) is 0 Å². The Morgan fingerprint density at radius 1 is 1.30 bits per heavy atom. The van der Waals surface area contributed by atoms with Crippen molar-refractivity contribution in [1.82, 2.24) is 0 Å². The zero-order chi connectivity index (χ0) is 14.6. The molecule has 20 heavy (non-hydrogen) atoms. The molecule has 2 rings (SSSR count). The summed E-state index contributed by atoms with van der Waals surface area (Å²) in [5.74, 6) is 0.0388. The fourth-order valence-electron chi connectivity index (χ4n) is 2.49. The Hall–Kier alpha value is -1.55. The van der Waals surface area contributed by atoms with Crippen LogP contribution in [0.4, 0.5) is 11.4 Å². The number of amides is 1. The normalized spacial score (nSPS) is 21.2. The molecule has 0 spiro atoms. The van der Waals surface area contributed by atoms with Gasteiger partial charge in [-0.3, -0.25) is 4.79 Å². The summed E-state index contributed by atoms with van der Waals surface area (Å²) < 4.78 is 5.72. The molecule has 1 aromatic carbocycles. The average Bonchev–Trinajstić information content (AvgIpc) is 2.40. The summed E-state index contributed by atoms with van der Waals surface area (Å²) >= 11 is 0. The van der Waals surface area contributed by atoms with Gasteiger partial charge in [0.2, 0.25) is 5.91 Å². The van der Waals surface area contributed by atoms with Gasteiger partial charge in [0, 0.05) is 30.4 Å². The third-order valence-corrected chi connectivity index (χ3v) is 3.56. The van der Waals surface area contributed by atoms with Crippen LogP contribution in [0.25, 0.3) is 0 Å². The largest absolute Gasteiger partial charge is 0.382 e. The molecule has 2 N–H and O–H groups in total. The predicted molar refractivity (Wildman–Crippen MR) is 82.0 cm³/mol. The molecule has 1 aliphatic heterocycles. The number of nitrogens with one attached hydrogen (secondary N) is 2. The maximum absolute atomic E-state index is 11.3. The average molecular weight is 276 g/mol. The Labute approximate surface area is 120 Å². The predicted octanol–water partition coefficient (Wildman–Crippen LogP) is 3.40. The van der Waals surface area contributed by atoms with Crippen LogP contribution < -0.4 is 10.6 Å². The van der Waals surface area contributed by atoms with Gasteiger partial charge < -0.3 is 15.4 Å². The number of carbonyl (C=O) groups is 1. The highest BCUT2D eigenvalue weighted by Crippen LogP contribution is 2.26. The van der Waals surface area contributed by atoms with Crippen LogP contribution in [0.2, 0.25) is 0 Å². The highest BCUT2D eigenvalue weighted by Gasteiger charge is 2.28. The van der Waals surface area contributed by atoms with Gasteiger partial charge in [-0.1, -0.05) is 6.92 Å². The van der Waals surface area contributed by atoms with Crippen molar-refractivity contribution in [2.75, 3.05) is 17.2 Å². The van der Waals surface area contributed by atoms with E-state index in [9.17, 15) is 4.79 Å². The molecule has 4 heteroatoms. The van der Waals surface area contributed by atoms with Gasteiger partial charge in [-0.2, -0.15) is 0 Å². The van der Waals surface area contributed by atoms with Crippen LogP contribution in [0, 0.1) is 0 Å². The number of rotatable bonds is 4. The molecule has 1 aliphatic rings. The molecule has 1 amide bonds. The Morgan fingerprint density at radius 2 is 1.95 bits per heavy atom. The van der Waals surface area contributed by atoms with Crippen molar-refractivity contribution in [3.8, 4) is 0 Å². The van der Waals surface area contributed by atoms with E-state index < -0.39 is 0 Å². The van der Waals surface area contributed by atoms with Crippen molar-refractivity contribution in [1.29, 1.82) is 0 Å². The van der Waals surface area contributed by atoms with Crippen LogP contribution in [0.5, 0.6) is 0 Å². The summed E-state index contributed by atoms with van der Waals surface area (Å²) in [5.41, 5.74) is 1.88. The first-order chi connectivity index (χ1) is 9.48. The van der Waals surface area contributed by atoms with Crippen molar-refractivity contribution in [3.63, 3.8) is 0 Å². The van der Waals surface area contributed by atoms with Crippen LogP contribution in [-0.2, 0) is 9.53 Å². The maximum atomic E-state index is 11.3. The Bertz CT molecular complexity index is 454. The maximum Gasteiger partial charge on any atom is 0.224 e. The SMILES string of the molecule is CCC(=O)Nc1ccc(NC2CCOC(C)(C)C2)cc1. The van der Waals surface area contributed by atoms with Crippen molar-refractivity contribution < 1.29 is 9.53 Å². The minimum absolute atomic E-state index is 0.0388. The third-order valence-electron chi connectivity index (χ3n) is 3.56. The first kappa shape index (κ1) is 14.9. The van der Waals surface area contributed by atoms with Gasteiger partial charge in [0.15, 0.2) is 0 Å². The zero-order valence-electron chi connectivity index (χ0n) is 12.5. The van der Waals surface area contributed by atoms with Gasteiger partial charge in [0.05, 0.1) is 5.60 Å². The summed E-state index contributed by atoms with van der Waals surface area (Å²) in [4.78, 5) is 11.3. The second-order valence-electron chi connectivity index (χ2n) is 5.92. The minimum atomic E-state index is -0.0506. The van der Waals surface area contributed by atoms with Gasteiger partial charge in [-0.05, 0) is 51.0 Å². The molecule has 1 saturated heterocycles. The van der Waals surface area contributed by atoms with Crippen molar-refractivity contribution in [2.45, 2.75) is 51.7 Å². The molecule has 1 atom stereocenters.